The fourth-order valence-electron chi connectivity index (χ4n) is 4.04. The van der Waals surface area contributed by atoms with Crippen LogP contribution in [0.15, 0.2) is 40.1 Å². The Kier molecular flexibility index (Phi) is 4.31. The molecule has 0 unspecified atom stereocenters. The predicted octanol–water partition coefficient (Wildman–Crippen LogP) is 5.18. The summed E-state index contributed by atoms with van der Waals surface area (Å²) >= 11 is 1.64. The molecule has 3 aromatic rings. The van der Waals surface area contributed by atoms with Gasteiger partial charge in [-0.15, -0.1) is 11.3 Å². The van der Waals surface area contributed by atoms with Crippen LogP contribution in [0.3, 0.4) is 0 Å². The minimum Gasteiger partial charge on any atom is -0.440 e. The Balaban J connectivity index is 1.48. The van der Waals surface area contributed by atoms with E-state index >= 15 is 0 Å². The lowest BCUT2D eigenvalue weighted by Gasteiger charge is -2.27. The number of oxazole rings is 1. The second kappa shape index (κ2) is 6.85. The zero-order valence-electron chi connectivity index (χ0n) is 15.9. The highest BCUT2D eigenvalue weighted by atomic mass is 32.1. The van der Waals surface area contributed by atoms with Crippen LogP contribution >= 0.6 is 11.3 Å². The number of amides is 1. The fraction of sp³-hybridized carbons (Fsp3) is 0.409. The van der Waals surface area contributed by atoms with Gasteiger partial charge in [0.25, 0.3) is 5.91 Å². The molecule has 1 N–H and O–H groups in total. The summed E-state index contributed by atoms with van der Waals surface area (Å²) in [7, 11) is 0. The van der Waals surface area contributed by atoms with Crippen LogP contribution in [-0.4, -0.2) is 15.9 Å². The Morgan fingerprint density at radius 2 is 1.93 bits per heavy atom. The van der Waals surface area contributed by atoms with Crippen molar-refractivity contribution < 1.29 is 9.21 Å². The van der Waals surface area contributed by atoms with Crippen LogP contribution in [0.2, 0.25) is 0 Å². The van der Waals surface area contributed by atoms with Crippen LogP contribution in [0.25, 0.3) is 11.5 Å². The monoisotopic (exact) mass is 393 g/mol. The highest BCUT2D eigenvalue weighted by Gasteiger charge is 2.42. The summed E-state index contributed by atoms with van der Waals surface area (Å²) in [6, 6.07) is 9.78. The van der Waals surface area contributed by atoms with Crippen LogP contribution < -0.4 is 5.32 Å². The highest BCUT2D eigenvalue weighted by Crippen LogP contribution is 2.44. The molecule has 5 rings (SSSR count). The molecule has 0 aliphatic heterocycles. The molecule has 6 heteroatoms. The van der Waals surface area contributed by atoms with Crippen molar-refractivity contribution >= 4 is 17.2 Å². The number of carbonyl (C=O) groups is 1. The number of benzene rings is 1. The smallest absolute Gasteiger partial charge is 0.274 e. The van der Waals surface area contributed by atoms with Gasteiger partial charge in [-0.1, -0.05) is 31.0 Å². The average Bonchev–Trinajstić information content (AvgIpc) is 3.10. The summed E-state index contributed by atoms with van der Waals surface area (Å²) in [5.74, 6) is 1.44. The predicted molar refractivity (Wildman–Crippen MR) is 108 cm³/mol. The summed E-state index contributed by atoms with van der Waals surface area (Å²) < 4.78 is 6.07. The van der Waals surface area contributed by atoms with Gasteiger partial charge in [0.05, 0.1) is 5.54 Å². The number of carbonyl (C=O) groups excluding carboxylic acids is 1. The van der Waals surface area contributed by atoms with E-state index in [1.807, 2.05) is 37.3 Å². The molecule has 2 aliphatic carbocycles. The first-order chi connectivity index (χ1) is 13.6. The Labute approximate surface area is 168 Å². The van der Waals surface area contributed by atoms with Gasteiger partial charge >= 0.3 is 0 Å². The number of nitrogens with one attached hydrogen (secondary N) is 1. The van der Waals surface area contributed by atoms with E-state index in [1.165, 1.54) is 0 Å². The van der Waals surface area contributed by atoms with Crippen LogP contribution in [0.1, 0.15) is 71.4 Å². The molecule has 1 amide bonds. The molecular weight excluding hydrogens is 370 g/mol. The van der Waals surface area contributed by atoms with Crippen molar-refractivity contribution in [3.63, 3.8) is 0 Å². The molecule has 144 valence electrons. The van der Waals surface area contributed by atoms with Crippen molar-refractivity contribution in [1.29, 1.82) is 0 Å². The summed E-state index contributed by atoms with van der Waals surface area (Å²) in [5, 5.41) is 6.38. The molecule has 2 heterocycles. The van der Waals surface area contributed by atoms with E-state index in [0.29, 0.717) is 17.5 Å². The molecule has 0 saturated heterocycles. The van der Waals surface area contributed by atoms with Crippen molar-refractivity contribution in [2.24, 2.45) is 0 Å². The number of hydrogen-bond donors (Lipinski definition) is 1. The van der Waals surface area contributed by atoms with Gasteiger partial charge < -0.3 is 9.73 Å². The third kappa shape index (κ3) is 3.15. The first kappa shape index (κ1) is 17.6. The lowest BCUT2D eigenvalue weighted by molar-refractivity contribution is 0.0891. The van der Waals surface area contributed by atoms with Crippen LogP contribution in [0.5, 0.6) is 0 Å². The second-order valence-corrected chi connectivity index (χ2v) is 8.77. The van der Waals surface area contributed by atoms with Gasteiger partial charge in [-0.25, -0.2) is 9.97 Å². The van der Waals surface area contributed by atoms with Crippen molar-refractivity contribution in [3.05, 3.63) is 57.9 Å². The van der Waals surface area contributed by atoms with Crippen molar-refractivity contribution in [2.75, 3.05) is 0 Å². The van der Waals surface area contributed by atoms with E-state index < -0.39 is 0 Å². The SMILES string of the molecule is Cc1csc(C2(NC(=O)c3nc(-c4ccccc4)oc3C3CC3)CCCC2)n1. The van der Waals surface area contributed by atoms with E-state index in [0.717, 1.165) is 60.6 Å². The minimum atomic E-state index is -0.372. The molecule has 28 heavy (non-hydrogen) atoms. The zero-order chi connectivity index (χ0) is 19.1. The van der Waals surface area contributed by atoms with E-state index in [1.54, 1.807) is 11.3 Å². The van der Waals surface area contributed by atoms with Crippen molar-refractivity contribution in [1.82, 2.24) is 15.3 Å². The van der Waals surface area contributed by atoms with E-state index in [-0.39, 0.29) is 11.4 Å². The van der Waals surface area contributed by atoms with Crippen LogP contribution in [-0.2, 0) is 5.54 Å². The highest BCUT2D eigenvalue weighted by molar-refractivity contribution is 7.09. The quantitative estimate of drug-likeness (QED) is 0.648. The molecule has 0 radical (unpaired) electrons. The standard InChI is InChI=1S/C22H23N3O2S/c1-14-13-28-21(23-14)22(11-5-6-12-22)25-19(26)17-18(15-9-10-15)27-20(24-17)16-7-3-2-4-8-16/h2-4,7-8,13,15H,5-6,9-12H2,1H3,(H,25,26). The summed E-state index contributed by atoms with van der Waals surface area (Å²) in [6.45, 7) is 2.00. The van der Waals surface area contributed by atoms with Crippen LogP contribution in [0.4, 0.5) is 0 Å². The third-order valence-electron chi connectivity index (χ3n) is 5.68. The first-order valence-electron chi connectivity index (χ1n) is 9.96. The van der Waals surface area contributed by atoms with Crippen LogP contribution in [0, 0.1) is 6.92 Å². The molecule has 0 spiro atoms. The zero-order valence-corrected chi connectivity index (χ0v) is 16.7. The molecule has 2 fully saturated rings. The number of hydrogen-bond acceptors (Lipinski definition) is 5. The number of nitrogens with zero attached hydrogens (tertiary/aromatic N) is 2. The maximum absolute atomic E-state index is 13.3. The lowest BCUT2D eigenvalue weighted by Crippen LogP contribution is -2.44. The number of aryl methyl sites for hydroxylation is 1. The molecule has 0 atom stereocenters. The van der Waals surface area contributed by atoms with Crippen molar-refractivity contribution in [3.8, 4) is 11.5 Å². The Bertz CT molecular complexity index is 998. The molecule has 0 bridgehead atoms. The maximum Gasteiger partial charge on any atom is 0.274 e. The summed E-state index contributed by atoms with van der Waals surface area (Å²) in [6.07, 6.45) is 6.16. The normalized spacial score (nSPS) is 18.3. The molecule has 2 saturated carbocycles. The second-order valence-electron chi connectivity index (χ2n) is 7.91. The van der Waals surface area contributed by atoms with Gasteiger partial charge in [-0.3, -0.25) is 4.79 Å². The number of rotatable bonds is 5. The molecular formula is C22H23N3O2S. The Hall–Kier alpha value is -2.47. The van der Waals surface area contributed by atoms with Gasteiger partial charge in [0.15, 0.2) is 5.69 Å². The van der Waals surface area contributed by atoms with Gasteiger partial charge in [-0.05, 0) is 44.7 Å². The van der Waals surface area contributed by atoms with Crippen molar-refractivity contribution in [2.45, 2.75) is 56.9 Å². The number of thiazole rings is 1. The van der Waals surface area contributed by atoms with E-state index in [4.69, 9.17) is 9.40 Å². The molecule has 5 nitrogen and oxygen atoms in total. The molecule has 2 aromatic heterocycles. The minimum absolute atomic E-state index is 0.136. The van der Waals surface area contributed by atoms with Gasteiger partial charge in [-0.2, -0.15) is 0 Å². The first-order valence-corrected chi connectivity index (χ1v) is 10.8. The fourth-order valence-corrected chi connectivity index (χ4v) is 5.05. The largest absolute Gasteiger partial charge is 0.440 e. The number of aromatic nitrogens is 2. The lowest BCUT2D eigenvalue weighted by atomic mass is 9.98. The maximum atomic E-state index is 13.3. The third-order valence-corrected chi connectivity index (χ3v) is 6.84. The Morgan fingerprint density at radius 3 is 2.57 bits per heavy atom. The van der Waals surface area contributed by atoms with E-state index in [9.17, 15) is 4.79 Å². The Morgan fingerprint density at radius 1 is 1.18 bits per heavy atom. The molecule has 1 aromatic carbocycles. The van der Waals surface area contributed by atoms with Gasteiger partial charge in [0.2, 0.25) is 5.89 Å². The summed E-state index contributed by atoms with van der Waals surface area (Å²) in [5.41, 5.74) is 1.98. The van der Waals surface area contributed by atoms with E-state index in [2.05, 4.69) is 15.7 Å². The van der Waals surface area contributed by atoms with Gasteiger partial charge in [0.1, 0.15) is 10.8 Å². The average molecular weight is 394 g/mol. The summed E-state index contributed by atoms with van der Waals surface area (Å²) in [4.78, 5) is 22.6. The molecule has 2 aliphatic rings. The van der Waals surface area contributed by atoms with Gasteiger partial charge in [0, 0.05) is 22.6 Å². The topological polar surface area (TPSA) is 68.0 Å².